The molecule has 1 aromatic rings. The van der Waals surface area contributed by atoms with E-state index in [-0.39, 0.29) is 0 Å². The lowest BCUT2D eigenvalue weighted by atomic mass is 9.77. The van der Waals surface area contributed by atoms with Crippen LogP contribution in [-0.4, -0.2) is 17.8 Å². The molecule has 0 bridgehead atoms. The first kappa shape index (κ1) is 10.2. The highest BCUT2D eigenvalue weighted by molar-refractivity contribution is 5.39. The molecular weight excluding hydrogens is 200 g/mol. The molecule has 0 aliphatic heterocycles. The fourth-order valence-corrected chi connectivity index (χ4v) is 2.88. The van der Waals surface area contributed by atoms with E-state index in [1.54, 1.807) is 7.11 Å². The fraction of sp³-hybridized carbons (Fsp3) is 0.571. The molecule has 2 nitrogen and oxygen atoms in total. The van der Waals surface area contributed by atoms with Gasteiger partial charge >= 0.3 is 0 Å². The largest absolute Gasteiger partial charge is 0.497 e. The van der Waals surface area contributed by atoms with Crippen molar-refractivity contribution in [1.82, 2.24) is 0 Å². The van der Waals surface area contributed by atoms with Gasteiger partial charge in [-0.25, -0.2) is 0 Å². The van der Waals surface area contributed by atoms with Gasteiger partial charge in [0.1, 0.15) is 5.75 Å². The van der Waals surface area contributed by atoms with Crippen molar-refractivity contribution in [3.05, 3.63) is 29.3 Å². The van der Waals surface area contributed by atoms with Crippen molar-refractivity contribution in [2.45, 2.75) is 37.7 Å². The minimum absolute atomic E-state index is 0.431. The van der Waals surface area contributed by atoms with Crippen molar-refractivity contribution in [2.75, 3.05) is 7.11 Å². The van der Waals surface area contributed by atoms with E-state index in [4.69, 9.17) is 4.74 Å². The number of hydrogen-bond donors (Lipinski definition) is 1. The molecule has 1 N–H and O–H groups in total. The first-order valence-electron chi connectivity index (χ1n) is 6.09. The Bertz CT molecular complexity index is 409. The molecule has 3 rings (SSSR count). The Morgan fingerprint density at radius 3 is 2.81 bits per heavy atom. The molecule has 1 aromatic carbocycles. The summed E-state index contributed by atoms with van der Waals surface area (Å²) in [5, 5.41) is 10.6. The number of benzene rings is 1. The second kappa shape index (κ2) is 3.49. The molecule has 0 saturated heterocycles. The van der Waals surface area contributed by atoms with Gasteiger partial charge in [-0.1, -0.05) is 6.07 Å². The van der Waals surface area contributed by atoms with Crippen LogP contribution in [0, 0.1) is 5.92 Å². The third-order valence-electron chi connectivity index (χ3n) is 4.07. The minimum Gasteiger partial charge on any atom is -0.497 e. The summed E-state index contributed by atoms with van der Waals surface area (Å²) in [4.78, 5) is 0. The molecule has 1 unspecified atom stereocenters. The maximum absolute atomic E-state index is 10.6. The molecule has 0 amide bonds. The van der Waals surface area contributed by atoms with E-state index < -0.39 is 5.60 Å². The summed E-state index contributed by atoms with van der Waals surface area (Å²) in [6, 6.07) is 6.24. The number of fused-ring (bicyclic) bond motifs is 1. The molecular formula is C14H18O2. The molecule has 86 valence electrons. The lowest BCUT2D eigenvalue weighted by Crippen LogP contribution is -2.38. The van der Waals surface area contributed by atoms with Crippen molar-refractivity contribution in [3.8, 4) is 5.75 Å². The van der Waals surface area contributed by atoms with Crippen molar-refractivity contribution in [1.29, 1.82) is 0 Å². The van der Waals surface area contributed by atoms with Crippen LogP contribution in [0.2, 0.25) is 0 Å². The van der Waals surface area contributed by atoms with Gasteiger partial charge in [0.15, 0.2) is 0 Å². The third-order valence-corrected chi connectivity index (χ3v) is 4.07. The maximum Gasteiger partial charge on any atom is 0.119 e. The van der Waals surface area contributed by atoms with Crippen LogP contribution < -0.4 is 4.74 Å². The highest BCUT2D eigenvalue weighted by Gasteiger charge is 2.45. The van der Waals surface area contributed by atoms with Crippen molar-refractivity contribution < 1.29 is 9.84 Å². The Morgan fingerprint density at radius 1 is 1.31 bits per heavy atom. The van der Waals surface area contributed by atoms with Gasteiger partial charge in [-0.05, 0) is 54.9 Å². The van der Waals surface area contributed by atoms with Crippen LogP contribution in [0.15, 0.2) is 18.2 Å². The maximum atomic E-state index is 10.6. The Hall–Kier alpha value is -1.02. The highest BCUT2D eigenvalue weighted by atomic mass is 16.5. The van der Waals surface area contributed by atoms with Gasteiger partial charge in [-0.2, -0.15) is 0 Å². The molecule has 0 aromatic heterocycles. The number of methoxy groups -OCH3 is 1. The zero-order valence-electron chi connectivity index (χ0n) is 9.70. The summed E-state index contributed by atoms with van der Waals surface area (Å²) >= 11 is 0. The molecule has 0 heterocycles. The van der Waals surface area contributed by atoms with Crippen LogP contribution in [0.3, 0.4) is 0 Å². The zero-order chi connectivity index (χ0) is 11.2. The lowest BCUT2D eigenvalue weighted by Gasteiger charge is -2.34. The topological polar surface area (TPSA) is 29.5 Å². The summed E-state index contributed by atoms with van der Waals surface area (Å²) in [7, 11) is 1.69. The van der Waals surface area contributed by atoms with E-state index >= 15 is 0 Å². The minimum atomic E-state index is -0.431. The Morgan fingerprint density at radius 2 is 2.12 bits per heavy atom. The quantitative estimate of drug-likeness (QED) is 0.825. The monoisotopic (exact) mass is 218 g/mol. The summed E-state index contributed by atoms with van der Waals surface area (Å²) < 4.78 is 5.24. The Balaban J connectivity index is 1.91. The summed E-state index contributed by atoms with van der Waals surface area (Å²) in [6.45, 7) is 0. The van der Waals surface area contributed by atoms with E-state index in [1.807, 2.05) is 6.07 Å². The summed E-state index contributed by atoms with van der Waals surface area (Å²) in [5.74, 6) is 1.45. The molecule has 2 aliphatic carbocycles. The second-order valence-electron chi connectivity index (χ2n) is 5.19. The van der Waals surface area contributed by atoms with Gasteiger partial charge in [0.05, 0.1) is 12.7 Å². The predicted molar refractivity (Wildman–Crippen MR) is 62.7 cm³/mol. The van der Waals surface area contributed by atoms with Crippen LogP contribution in [-0.2, 0) is 12.8 Å². The summed E-state index contributed by atoms with van der Waals surface area (Å²) in [6.07, 6.45) is 5.15. The first-order valence-corrected chi connectivity index (χ1v) is 6.09. The lowest BCUT2D eigenvalue weighted by molar-refractivity contribution is 0.00423. The Labute approximate surface area is 96.2 Å². The van der Waals surface area contributed by atoms with Crippen LogP contribution in [0.5, 0.6) is 5.75 Å². The number of rotatable bonds is 2. The predicted octanol–water partition coefficient (Wildman–Crippen LogP) is 2.33. The molecule has 1 atom stereocenters. The van der Waals surface area contributed by atoms with Crippen molar-refractivity contribution in [3.63, 3.8) is 0 Å². The second-order valence-corrected chi connectivity index (χ2v) is 5.19. The van der Waals surface area contributed by atoms with Gasteiger partial charge < -0.3 is 9.84 Å². The van der Waals surface area contributed by atoms with Crippen LogP contribution >= 0.6 is 0 Å². The Kier molecular flexibility index (Phi) is 2.21. The van der Waals surface area contributed by atoms with Gasteiger partial charge in [-0.3, -0.25) is 0 Å². The van der Waals surface area contributed by atoms with E-state index in [0.717, 1.165) is 25.0 Å². The van der Waals surface area contributed by atoms with Gasteiger partial charge in [-0.15, -0.1) is 0 Å². The van der Waals surface area contributed by atoms with Gasteiger partial charge in [0.2, 0.25) is 0 Å². The smallest absolute Gasteiger partial charge is 0.119 e. The zero-order valence-corrected chi connectivity index (χ0v) is 9.70. The number of aliphatic hydroxyl groups is 1. The molecule has 1 saturated carbocycles. The van der Waals surface area contributed by atoms with E-state index in [1.165, 1.54) is 24.0 Å². The fourth-order valence-electron chi connectivity index (χ4n) is 2.88. The average Bonchev–Trinajstić information content (AvgIpc) is 3.12. The summed E-state index contributed by atoms with van der Waals surface area (Å²) in [5.41, 5.74) is 2.23. The van der Waals surface area contributed by atoms with Gasteiger partial charge in [0.25, 0.3) is 0 Å². The average molecular weight is 218 g/mol. The normalized spacial score (nSPS) is 28.6. The SMILES string of the molecule is COc1ccc2c(c1)CC(O)(C1CC1)CC2. The third kappa shape index (κ3) is 1.61. The van der Waals surface area contributed by atoms with Crippen LogP contribution in [0.4, 0.5) is 0 Å². The molecule has 2 aliphatic rings. The van der Waals surface area contributed by atoms with Crippen LogP contribution in [0.25, 0.3) is 0 Å². The van der Waals surface area contributed by atoms with E-state index in [2.05, 4.69) is 12.1 Å². The van der Waals surface area contributed by atoms with Gasteiger partial charge in [0, 0.05) is 6.42 Å². The first-order chi connectivity index (χ1) is 7.71. The highest BCUT2D eigenvalue weighted by Crippen LogP contribution is 2.46. The van der Waals surface area contributed by atoms with Crippen molar-refractivity contribution >= 4 is 0 Å². The molecule has 16 heavy (non-hydrogen) atoms. The van der Waals surface area contributed by atoms with Crippen molar-refractivity contribution in [2.24, 2.45) is 5.92 Å². The number of hydrogen-bond acceptors (Lipinski definition) is 2. The molecule has 0 spiro atoms. The number of ether oxygens (including phenoxy) is 1. The van der Waals surface area contributed by atoms with E-state index in [0.29, 0.717) is 5.92 Å². The van der Waals surface area contributed by atoms with E-state index in [9.17, 15) is 5.11 Å². The molecule has 1 fully saturated rings. The molecule has 0 radical (unpaired) electrons. The standard InChI is InChI=1S/C14H18O2/c1-16-13-5-2-10-6-7-14(15,12-3-4-12)9-11(10)8-13/h2,5,8,12,15H,3-4,6-7,9H2,1H3. The van der Waals surface area contributed by atoms with Crippen LogP contribution in [0.1, 0.15) is 30.4 Å². The number of aryl methyl sites for hydroxylation is 1. The molecule has 2 heteroatoms.